The van der Waals surface area contributed by atoms with Crippen molar-refractivity contribution in [2.24, 2.45) is 0 Å². The lowest BCUT2D eigenvalue weighted by Crippen LogP contribution is -1.55. The zero-order valence-corrected chi connectivity index (χ0v) is 3.13. The molecule has 0 fully saturated rings. The van der Waals surface area contributed by atoms with Crippen molar-refractivity contribution in [1.29, 1.82) is 0 Å². The Labute approximate surface area is 35.4 Å². The summed E-state index contributed by atoms with van der Waals surface area (Å²) in [6.45, 7) is 1.97. The Hall–Kier alpha value is -0.790. The Balaban J connectivity index is 2.88. The van der Waals surface area contributed by atoms with Crippen molar-refractivity contribution in [2.45, 2.75) is 0 Å². The van der Waals surface area contributed by atoms with Gasteiger partial charge in [-0.15, -0.1) is 0 Å². The minimum atomic E-state index is 1.09. The van der Waals surface area contributed by atoms with Crippen LogP contribution >= 0.6 is 0 Å². The lowest BCUT2D eigenvalue weighted by Gasteiger charge is -1.58. The minimum Gasteiger partial charge on any atom is -0.320 e. The second-order valence-electron chi connectivity index (χ2n) is 1.32. The van der Waals surface area contributed by atoms with E-state index in [1.165, 1.54) is 0 Å². The van der Waals surface area contributed by atoms with Crippen LogP contribution in [-0.4, -0.2) is 9.55 Å². The third kappa shape index (κ3) is 0.125. The van der Waals surface area contributed by atoms with Gasteiger partial charge in [-0.25, -0.2) is 4.98 Å². The van der Waals surface area contributed by atoms with Gasteiger partial charge in [-0.3, -0.25) is 0 Å². The Morgan fingerprint density at radius 3 is 2.83 bits per heavy atom. The fourth-order valence-electron chi connectivity index (χ4n) is 0.496. The molecule has 1 aromatic rings. The van der Waals surface area contributed by atoms with Gasteiger partial charge in [0.15, 0.2) is 0 Å². The first-order valence-electron chi connectivity index (χ1n) is 1.84. The van der Waals surface area contributed by atoms with Crippen molar-refractivity contribution in [3.05, 3.63) is 24.8 Å². The van der Waals surface area contributed by atoms with Crippen LogP contribution in [0.4, 0.5) is 0 Å². The molecule has 1 aliphatic rings. The topological polar surface area (TPSA) is 17.8 Å². The second-order valence-corrected chi connectivity index (χ2v) is 1.32. The van der Waals surface area contributed by atoms with Gasteiger partial charge in [-0.05, 0) is 0 Å². The van der Waals surface area contributed by atoms with Crippen molar-refractivity contribution < 1.29 is 0 Å². The fourth-order valence-corrected chi connectivity index (χ4v) is 0.496. The molecule has 0 unspecified atom stereocenters. The maximum atomic E-state index is 3.92. The molecule has 0 atom stereocenters. The van der Waals surface area contributed by atoms with Gasteiger partial charge in [0.25, 0.3) is 0 Å². The molecule has 1 aliphatic heterocycles. The molecular weight excluding hydrogens is 76.1 g/mol. The first-order chi connectivity index (χ1) is 2.97. The Kier molecular flexibility index (Phi) is 0.204. The summed E-state index contributed by atoms with van der Waals surface area (Å²) in [7, 11) is 0. The van der Waals surface area contributed by atoms with Gasteiger partial charge in [-0.1, -0.05) is 0 Å². The van der Waals surface area contributed by atoms with E-state index >= 15 is 0 Å². The van der Waals surface area contributed by atoms with Crippen molar-refractivity contribution in [2.75, 3.05) is 0 Å². The number of aromatic nitrogens is 2. The van der Waals surface area contributed by atoms with E-state index in [0.29, 0.717) is 0 Å². The lowest BCUT2D eigenvalue weighted by molar-refractivity contribution is 1.26. The van der Waals surface area contributed by atoms with Crippen LogP contribution in [0.15, 0.2) is 12.4 Å². The van der Waals surface area contributed by atoms with Crippen molar-refractivity contribution in [3.8, 4) is 0 Å². The van der Waals surface area contributed by atoms with Crippen molar-refractivity contribution in [3.63, 3.8) is 0 Å². The molecule has 0 aromatic carbocycles. The fraction of sp³-hybridized carbons (Fsp3) is 0. The SMILES string of the molecule is [CH]1c2nccn21. The predicted octanol–water partition coefficient (Wildman–Crippen LogP) is 0.255. The summed E-state index contributed by atoms with van der Waals surface area (Å²) in [6, 6.07) is 0. The predicted molar refractivity (Wildman–Crippen MR) is 21.0 cm³/mol. The van der Waals surface area contributed by atoms with Crippen LogP contribution in [0.25, 0.3) is 0 Å². The van der Waals surface area contributed by atoms with E-state index in [-0.39, 0.29) is 0 Å². The highest BCUT2D eigenvalue weighted by Gasteiger charge is 2.14. The zero-order chi connectivity index (χ0) is 3.98. The highest BCUT2D eigenvalue weighted by atomic mass is 15.2. The third-order valence-corrected chi connectivity index (χ3v) is 0.885. The summed E-state index contributed by atoms with van der Waals surface area (Å²) in [5, 5.41) is 0. The average molecular weight is 79.1 g/mol. The standard InChI is InChI=1S/C4H3N2/c1-2-6-3-4(6)5-1/h1-3H. The molecule has 29 valence electrons. The molecule has 2 nitrogen and oxygen atoms in total. The van der Waals surface area contributed by atoms with Gasteiger partial charge in [0.2, 0.25) is 0 Å². The smallest absolute Gasteiger partial charge is 0.135 e. The van der Waals surface area contributed by atoms with Crippen LogP contribution in [0.3, 0.4) is 0 Å². The molecule has 2 heterocycles. The van der Waals surface area contributed by atoms with Crippen LogP contribution in [0.5, 0.6) is 0 Å². The lowest BCUT2D eigenvalue weighted by atomic mass is 10.8. The molecule has 0 bridgehead atoms. The van der Waals surface area contributed by atoms with E-state index in [2.05, 4.69) is 4.98 Å². The normalized spacial score (nSPS) is 14.0. The molecule has 2 heteroatoms. The van der Waals surface area contributed by atoms with Crippen LogP contribution < -0.4 is 0 Å². The summed E-state index contributed by atoms with van der Waals surface area (Å²) in [5.74, 6) is 1.09. The monoisotopic (exact) mass is 79.0 g/mol. The molecule has 0 saturated carbocycles. The molecule has 0 N–H and O–H groups in total. The Bertz CT molecular complexity index is 149. The van der Waals surface area contributed by atoms with E-state index in [1.807, 2.05) is 17.3 Å². The van der Waals surface area contributed by atoms with E-state index in [9.17, 15) is 0 Å². The van der Waals surface area contributed by atoms with Crippen molar-refractivity contribution in [1.82, 2.24) is 9.55 Å². The molecule has 6 heavy (non-hydrogen) atoms. The number of fused-ring (bicyclic) bond motifs is 1. The number of nitrogens with zero attached hydrogens (tertiary/aromatic N) is 2. The van der Waals surface area contributed by atoms with Crippen LogP contribution in [0, 0.1) is 6.54 Å². The van der Waals surface area contributed by atoms with E-state index in [4.69, 9.17) is 0 Å². The summed E-state index contributed by atoms with van der Waals surface area (Å²) >= 11 is 0. The van der Waals surface area contributed by atoms with Crippen LogP contribution in [0.1, 0.15) is 5.82 Å². The number of imidazole rings is 1. The molecular formula is C4H3N2. The summed E-state index contributed by atoms with van der Waals surface area (Å²) in [5.41, 5.74) is 0. The maximum Gasteiger partial charge on any atom is 0.135 e. The molecule has 1 radical (unpaired) electrons. The Morgan fingerprint density at radius 2 is 2.67 bits per heavy atom. The van der Waals surface area contributed by atoms with Gasteiger partial charge in [0, 0.05) is 12.4 Å². The minimum absolute atomic E-state index is 1.09. The average Bonchev–Trinajstić information content (AvgIpc) is 2.17. The summed E-state index contributed by atoms with van der Waals surface area (Å²) in [6.07, 6.45) is 3.71. The third-order valence-electron chi connectivity index (χ3n) is 0.885. The Morgan fingerprint density at radius 1 is 1.67 bits per heavy atom. The number of rotatable bonds is 0. The van der Waals surface area contributed by atoms with E-state index < -0.39 is 0 Å². The highest BCUT2D eigenvalue weighted by molar-refractivity contribution is 5.22. The molecule has 1 aromatic heterocycles. The maximum absolute atomic E-state index is 3.92. The van der Waals surface area contributed by atoms with Gasteiger partial charge in [-0.2, -0.15) is 0 Å². The van der Waals surface area contributed by atoms with Crippen LogP contribution in [0.2, 0.25) is 0 Å². The second kappa shape index (κ2) is 0.511. The molecule has 0 amide bonds. The molecule has 2 rings (SSSR count). The van der Waals surface area contributed by atoms with Gasteiger partial charge in [0.1, 0.15) is 12.4 Å². The van der Waals surface area contributed by atoms with Gasteiger partial charge >= 0.3 is 0 Å². The highest BCUT2D eigenvalue weighted by Crippen LogP contribution is 2.14. The largest absolute Gasteiger partial charge is 0.320 e. The molecule has 0 saturated heterocycles. The number of hydrogen-bond donors (Lipinski definition) is 0. The molecule has 0 aliphatic carbocycles. The van der Waals surface area contributed by atoms with Gasteiger partial charge in [0.05, 0.1) is 0 Å². The molecule has 0 spiro atoms. The van der Waals surface area contributed by atoms with Gasteiger partial charge < -0.3 is 4.57 Å². The quantitative estimate of drug-likeness (QED) is 0.442. The van der Waals surface area contributed by atoms with Crippen LogP contribution in [-0.2, 0) is 0 Å². The summed E-state index contributed by atoms with van der Waals surface area (Å²) in [4.78, 5) is 3.92. The zero-order valence-electron chi connectivity index (χ0n) is 3.13. The van der Waals surface area contributed by atoms with Crippen molar-refractivity contribution >= 4 is 0 Å². The van der Waals surface area contributed by atoms with E-state index in [1.54, 1.807) is 6.20 Å². The first kappa shape index (κ1) is 2.39. The van der Waals surface area contributed by atoms with E-state index in [0.717, 1.165) is 5.82 Å². The first-order valence-corrected chi connectivity index (χ1v) is 1.84. The number of hydrogen-bond acceptors (Lipinski definition) is 1. The summed E-state index contributed by atoms with van der Waals surface area (Å²) < 4.78 is 1.97.